The molecule has 0 fully saturated rings. The molecule has 0 bridgehead atoms. The van der Waals surface area contributed by atoms with Gasteiger partial charge in [-0.2, -0.15) is 0 Å². The van der Waals surface area contributed by atoms with Crippen molar-refractivity contribution in [2.75, 3.05) is 5.32 Å². The van der Waals surface area contributed by atoms with Crippen LogP contribution in [0, 0.1) is 0 Å². The van der Waals surface area contributed by atoms with Gasteiger partial charge in [-0.15, -0.1) is 0 Å². The van der Waals surface area contributed by atoms with E-state index in [0.717, 1.165) is 10.2 Å². The van der Waals surface area contributed by atoms with E-state index in [1.54, 1.807) is 12.1 Å². The van der Waals surface area contributed by atoms with Crippen molar-refractivity contribution in [3.05, 3.63) is 27.7 Å². The Morgan fingerprint density at radius 1 is 1.55 bits per heavy atom. The number of halogens is 2. The van der Waals surface area contributed by atoms with Gasteiger partial charge in [0.2, 0.25) is 0 Å². The van der Waals surface area contributed by atoms with Crippen molar-refractivity contribution in [2.45, 2.75) is 0 Å². The summed E-state index contributed by atoms with van der Waals surface area (Å²) in [4.78, 5) is 0. The molecule has 1 rings (SSSR count). The monoisotopic (exact) mass is 249 g/mol. The molecule has 0 saturated heterocycles. The third-order valence-corrected chi connectivity index (χ3v) is 2.19. The first-order chi connectivity index (χ1) is 5.24. The van der Waals surface area contributed by atoms with Crippen LogP contribution >= 0.6 is 39.7 Å². The van der Waals surface area contributed by atoms with Gasteiger partial charge in [0.25, 0.3) is 0 Å². The minimum atomic E-state index is 0.688. The fourth-order valence-corrected chi connectivity index (χ4v) is 1.33. The van der Waals surface area contributed by atoms with Crippen molar-refractivity contribution >= 4 is 50.9 Å². The van der Waals surface area contributed by atoms with Gasteiger partial charge in [0.05, 0.1) is 11.2 Å². The summed E-state index contributed by atoms with van der Waals surface area (Å²) < 4.78 is 0.947. The Labute approximate surface area is 83.9 Å². The summed E-state index contributed by atoms with van der Waals surface area (Å²) >= 11 is 13.7. The first-order valence-electron chi connectivity index (χ1n) is 2.89. The maximum Gasteiger partial charge on any atom is 0.0659 e. The van der Waals surface area contributed by atoms with Crippen molar-refractivity contribution in [1.82, 2.24) is 0 Å². The normalized spacial score (nSPS) is 9.27. The SMILES string of the molecule is S=CNc1cc(Cl)ccc1Br. The lowest BCUT2D eigenvalue weighted by molar-refractivity contribution is 1.61. The standard InChI is InChI=1S/C7H5BrClNS/c8-6-2-1-5(9)3-7(6)10-4-11/h1-4H,(H,10,11). The number of nitrogens with one attached hydrogen (secondary N) is 1. The average molecular weight is 251 g/mol. The second kappa shape index (κ2) is 4.04. The molecule has 1 N–H and O–H groups in total. The zero-order valence-corrected chi connectivity index (χ0v) is 8.63. The molecule has 0 amide bonds. The molecule has 0 radical (unpaired) electrons. The van der Waals surface area contributed by atoms with Crippen LogP contribution in [0.4, 0.5) is 5.69 Å². The molecule has 11 heavy (non-hydrogen) atoms. The van der Waals surface area contributed by atoms with E-state index in [0.29, 0.717) is 5.02 Å². The summed E-state index contributed by atoms with van der Waals surface area (Å²) in [6.07, 6.45) is 0. The Morgan fingerprint density at radius 2 is 2.27 bits per heavy atom. The average Bonchev–Trinajstić information content (AvgIpc) is 1.98. The molecule has 4 heteroatoms. The molecule has 1 nitrogen and oxygen atoms in total. The van der Waals surface area contributed by atoms with Crippen LogP contribution in [-0.4, -0.2) is 5.49 Å². The van der Waals surface area contributed by atoms with Crippen molar-refractivity contribution in [3.63, 3.8) is 0 Å². The van der Waals surface area contributed by atoms with Gasteiger partial charge in [0.1, 0.15) is 0 Å². The highest BCUT2D eigenvalue weighted by atomic mass is 79.9. The molecule has 0 aliphatic carbocycles. The number of thiocarbonyl (C=S) groups is 1. The van der Waals surface area contributed by atoms with E-state index in [1.165, 1.54) is 5.49 Å². The smallest absolute Gasteiger partial charge is 0.0659 e. The lowest BCUT2D eigenvalue weighted by Gasteiger charge is -2.02. The van der Waals surface area contributed by atoms with Crippen LogP contribution in [0.15, 0.2) is 22.7 Å². The third kappa shape index (κ3) is 2.43. The Hall–Kier alpha value is -0.120. The van der Waals surface area contributed by atoms with E-state index >= 15 is 0 Å². The van der Waals surface area contributed by atoms with Gasteiger partial charge >= 0.3 is 0 Å². The van der Waals surface area contributed by atoms with Gasteiger partial charge in [-0.1, -0.05) is 23.8 Å². The molecule has 1 aromatic rings. The number of anilines is 1. The Kier molecular flexibility index (Phi) is 3.30. The summed E-state index contributed by atoms with van der Waals surface area (Å²) in [5.74, 6) is 0. The number of hydrogen-bond acceptors (Lipinski definition) is 1. The Bertz CT molecular complexity index is 277. The first-order valence-corrected chi connectivity index (χ1v) is 4.53. The topological polar surface area (TPSA) is 12.0 Å². The van der Waals surface area contributed by atoms with E-state index in [-0.39, 0.29) is 0 Å². The predicted octanol–water partition coefficient (Wildman–Crippen LogP) is 3.47. The molecule has 0 aliphatic rings. The van der Waals surface area contributed by atoms with E-state index in [2.05, 4.69) is 33.5 Å². The fourth-order valence-electron chi connectivity index (χ4n) is 0.672. The summed E-state index contributed by atoms with van der Waals surface area (Å²) in [6, 6.07) is 5.47. The zero-order chi connectivity index (χ0) is 8.27. The van der Waals surface area contributed by atoms with Crippen molar-refractivity contribution in [1.29, 1.82) is 0 Å². The van der Waals surface area contributed by atoms with Crippen LogP contribution < -0.4 is 5.32 Å². The van der Waals surface area contributed by atoms with Crippen LogP contribution in [0.2, 0.25) is 5.02 Å². The highest BCUT2D eigenvalue weighted by Gasteiger charge is 1.97. The first kappa shape index (κ1) is 8.97. The predicted molar refractivity (Wildman–Crippen MR) is 56.4 cm³/mol. The Morgan fingerprint density at radius 3 is 2.91 bits per heavy atom. The lowest BCUT2D eigenvalue weighted by atomic mass is 10.3. The number of benzene rings is 1. The van der Waals surface area contributed by atoms with Gasteiger partial charge in [0, 0.05) is 9.50 Å². The second-order valence-corrected chi connectivity index (χ2v) is 3.41. The Balaban J connectivity index is 3.01. The largest absolute Gasteiger partial charge is 0.352 e. The minimum absolute atomic E-state index is 0.688. The van der Waals surface area contributed by atoms with Crippen LogP contribution in [0.25, 0.3) is 0 Å². The van der Waals surface area contributed by atoms with E-state index in [9.17, 15) is 0 Å². The van der Waals surface area contributed by atoms with E-state index in [1.807, 2.05) is 6.07 Å². The van der Waals surface area contributed by atoms with Crippen molar-refractivity contribution < 1.29 is 0 Å². The van der Waals surface area contributed by atoms with E-state index < -0.39 is 0 Å². The fraction of sp³-hybridized carbons (Fsp3) is 0. The molecule has 0 aromatic heterocycles. The van der Waals surface area contributed by atoms with Gasteiger partial charge in [-0.05, 0) is 34.1 Å². The number of rotatable bonds is 2. The van der Waals surface area contributed by atoms with Crippen molar-refractivity contribution in [3.8, 4) is 0 Å². The highest BCUT2D eigenvalue weighted by Crippen LogP contribution is 2.25. The van der Waals surface area contributed by atoms with Gasteiger partial charge in [-0.25, -0.2) is 0 Å². The molecule has 0 unspecified atom stereocenters. The molecule has 0 saturated carbocycles. The van der Waals surface area contributed by atoms with Gasteiger partial charge < -0.3 is 5.32 Å². The maximum absolute atomic E-state index is 5.74. The van der Waals surface area contributed by atoms with Gasteiger partial charge in [-0.3, -0.25) is 0 Å². The molecule has 0 heterocycles. The molecule has 58 valence electrons. The molecule has 0 spiro atoms. The summed E-state index contributed by atoms with van der Waals surface area (Å²) in [7, 11) is 0. The maximum atomic E-state index is 5.74. The quantitative estimate of drug-likeness (QED) is 0.807. The van der Waals surface area contributed by atoms with Crippen LogP contribution in [0.1, 0.15) is 0 Å². The summed E-state index contributed by atoms with van der Waals surface area (Å²) in [6.45, 7) is 0. The van der Waals surface area contributed by atoms with Crippen LogP contribution in [0.3, 0.4) is 0 Å². The zero-order valence-electron chi connectivity index (χ0n) is 5.47. The van der Waals surface area contributed by atoms with Crippen LogP contribution in [-0.2, 0) is 0 Å². The number of hydrogen-bond donors (Lipinski definition) is 1. The highest BCUT2D eigenvalue weighted by molar-refractivity contribution is 9.10. The van der Waals surface area contributed by atoms with Gasteiger partial charge in [0.15, 0.2) is 0 Å². The summed E-state index contributed by atoms with van der Waals surface area (Å²) in [5.41, 5.74) is 2.32. The molecular formula is C7H5BrClNS. The summed E-state index contributed by atoms with van der Waals surface area (Å²) in [5, 5.41) is 3.56. The molecule has 1 aromatic carbocycles. The van der Waals surface area contributed by atoms with Crippen LogP contribution in [0.5, 0.6) is 0 Å². The van der Waals surface area contributed by atoms with E-state index in [4.69, 9.17) is 11.6 Å². The second-order valence-electron chi connectivity index (χ2n) is 1.89. The molecular weight excluding hydrogens is 246 g/mol. The molecule has 0 aliphatic heterocycles. The van der Waals surface area contributed by atoms with Crippen molar-refractivity contribution in [2.24, 2.45) is 0 Å². The molecule has 0 atom stereocenters. The third-order valence-electron chi connectivity index (χ3n) is 1.14. The lowest BCUT2D eigenvalue weighted by Crippen LogP contribution is -1.92. The minimum Gasteiger partial charge on any atom is -0.352 e.